The van der Waals surface area contributed by atoms with Crippen LogP contribution in [0.2, 0.25) is 0 Å². The van der Waals surface area contributed by atoms with Gasteiger partial charge < -0.3 is 81.5 Å². The Labute approximate surface area is 395 Å². The Kier molecular flexibility index (Phi) is 62.7. The van der Waals surface area contributed by atoms with E-state index in [2.05, 4.69) is 12.2 Å². The van der Waals surface area contributed by atoms with Crippen LogP contribution >= 0.6 is 0 Å². The van der Waals surface area contributed by atoms with Crippen molar-refractivity contribution in [2.75, 3.05) is 218 Å². The highest BCUT2D eigenvalue weighted by atomic mass is 16.6. The first-order valence-electron chi connectivity index (χ1n) is 25.4. The second-order valence-corrected chi connectivity index (χ2v) is 15.3. The van der Waals surface area contributed by atoms with E-state index in [0.29, 0.717) is 192 Å². The maximum absolute atomic E-state index is 8.60. The van der Waals surface area contributed by atoms with E-state index in [1.54, 1.807) is 0 Å². The predicted octanol–water partition coefficient (Wildman–Crippen LogP) is 5.30. The normalized spacial score (nSPS) is 11.7. The molecule has 0 saturated carbocycles. The summed E-state index contributed by atoms with van der Waals surface area (Å²) in [5, 5.41) is 12.1. The van der Waals surface area contributed by atoms with E-state index in [1.807, 2.05) is 0 Å². The Morgan fingerprint density at radius 3 is 0.615 bits per heavy atom. The fourth-order valence-corrected chi connectivity index (χ4v) is 5.96. The molecule has 0 aliphatic rings. The lowest BCUT2D eigenvalue weighted by atomic mass is 10.0. The van der Waals surface area contributed by atoms with Crippen molar-refractivity contribution in [3.63, 3.8) is 0 Å². The minimum Gasteiger partial charge on any atom is -0.394 e. The standard InChI is InChI=1S/C48H99NO16/c1-2-3-4-5-6-7-8-9-10-11-12-13-14-15-16-49-17-19-51-21-23-53-25-27-55-29-31-57-33-35-59-37-39-61-41-43-63-45-47-65-48-46-64-44-42-62-40-38-60-36-34-58-32-30-56-28-26-54-24-22-52-20-18-50/h49-50H,2-48H2,1H3. The SMILES string of the molecule is CCCCCCCCCCCCCCCCNCCOCCOCCOCCOCCOCCOCCOCCOCCOCCOCCOCCOCCOCCOCCOCCO. The molecule has 0 aromatic rings. The van der Waals surface area contributed by atoms with E-state index in [1.165, 1.54) is 89.9 Å². The van der Waals surface area contributed by atoms with Crippen LogP contribution in [0.25, 0.3) is 0 Å². The fourth-order valence-electron chi connectivity index (χ4n) is 5.96. The van der Waals surface area contributed by atoms with Gasteiger partial charge in [0.1, 0.15) is 0 Å². The highest BCUT2D eigenvalue weighted by Gasteiger charge is 1.99. The summed E-state index contributed by atoms with van der Waals surface area (Å²) in [6, 6.07) is 0. The van der Waals surface area contributed by atoms with Crippen LogP contribution in [-0.4, -0.2) is 223 Å². The van der Waals surface area contributed by atoms with Crippen LogP contribution < -0.4 is 5.32 Å². The molecular formula is C48H99NO16. The highest BCUT2D eigenvalue weighted by molar-refractivity contribution is 4.52. The molecule has 0 saturated heterocycles. The van der Waals surface area contributed by atoms with Crippen molar-refractivity contribution in [2.24, 2.45) is 0 Å². The molecule has 0 fully saturated rings. The first kappa shape index (κ1) is 64.3. The zero-order chi connectivity index (χ0) is 46.5. The molecule has 0 aliphatic heterocycles. The average Bonchev–Trinajstić information content (AvgIpc) is 3.32. The van der Waals surface area contributed by atoms with Crippen molar-refractivity contribution in [3.05, 3.63) is 0 Å². The lowest BCUT2D eigenvalue weighted by Gasteiger charge is -2.09. The van der Waals surface area contributed by atoms with Crippen molar-refractivity contribution in [2.45, 2.75) is 96.8 Å². The molecule has 17 nitrogen and oxygen atoms in total. The summed E-state index contributed by atoms with van der Waals surface area (Å²) in [4.78, 5) is 0. The van der Waals surface area contributed by atoms with Crippen LogP contribution in [-0.2, 0) is 71.1 Å². The molecular weight excluding hydrogens is 847 g/mol. The number of ether oxygens (including phenoxy) is 15. The van der Waals surface area contributed by atoms with Gasteiger partial charge in [0.15, 0.2) is 0 Å². The number of unbranched alkanes of at least 4 members (excludes halogenated alkanes) is 13. The highest BCUT2D eigenvalue weighted by Crippen LogP contribution is 2.12. The van der Waals surface area contributed by atoms with Gasteiger partial charge in [0.2, 0.25) is 0 Å². The second-order valence-electron chi connectivity index (χ2n) is 15.3. The first-order chi connectivity index (χ1) is 32.4. The number of rotatable bonds is 62. The van der Waals surface area contributed by atoms with Gasteiger partial charge in [-0.05, 0) is 13.0 Å². The smallest absolute Gasteiger partial charge is 0.0701 e. The molecule has 0 unspecified atom stereocenters. The fraction of sp³-hybridized carbons (Fsp3) is 1.00. The van der Waals surface area contributed by atoms with Gasteiger partial charge in [-0.15, -0.1) is 0 Å². The molecule has 0 aromatic carbocycles. The van der Waals surface area contributed by atoms with E-state index < -0.39 is 0 Å². The second kappa shape index (κ2) is 63.3. The first-order valence-corrected chi connectivity index (χ1v) is 25.4. The molecule has 0 aliphatic carbocycles. The Morgan fingerprint density at radius 1 is 0.215 bits per heavy atom. The van der Waals surface area contributed by atoms with E-state index >= 15 is 0 Å². The minimum atomic E-state index is 0.0232. The molecule has 392 valence electrons. The van der Waals surface area contributed by atoms with Gasteiger partial charge in [0, 0.05) is 6.54 Å². The molecule has 65 heavy (non-hydrogen) atoms. The largest absolute Gasteiger partial charge is 0.394 e. The Balaban J connectivity index is 3.06. The summed E-state index contributed by atoms with van der Waals surface area (Å²) in [6.45, 7) is 19.7. The van der Waals surface area contributed by atoms with E-state index in [-0.39, 0.29) is 6.61 Å². The zero-order valence-corrected chi connectivity index (χ0v) is 41.3. The third-order valence-corrected chi connectivity index (χ3v) is 9.57. The number of aliphatic hydroxyl groups is 1. The summed E-state index contributed by atoms with van der Waals surface area (Å²) in [5.74, 6) is 0. The molecule has 2 N–H and O–H groups in total. The predicted molar refractivity (Wildman–Crippen MR) is 253 cm³/mol. The monoisotopic (exact) mass is 946 g/mol. The minimum absolute atomic E-state index is 0.0232. The van der Waals surface area contributed by atoms with Gasteiger partial charge in [0.25, 0.3) is 0 Å². The summed E-state index contributed by atoms with van der Waals surface area (Å²) in [6.07, 6.45) is 19.5. The van der Waals surface area contributed by atoms with Crippen molar-refractivity contribution in [1.82, 2.24) is 5.32 Å². The third-order valence-electron chi connectivity index (χ3n) is 9.57. The molecule has 0 atom stereocenters. The van der Waals surface area contributed by atoms with Gasteiger partial charge >= 0.3 is 0 Å². The quantitative estimate of drug-likeness (QED) is 0.0753. The van der Waals surface area contributed by atoms with Crippen LogP contribution in [0.1, 0.15) is 96.8 Å². The Morgan fingerprint density at radius 2 is 0.400 bits per heavy atom. The number of nitrogens with one attached hydrogen (secondary N) is 1. The summed E-state index contributed by atoms with van der Waals surface area (Å²) in [5.41, 5.74) is 0. The maximum atomic E-state index is 8.60. The van der Waals surface area contributed by atoms with Crippen LogP contribution in [0, 0.1) is 0 Å². The van der Waals surface area contributed by atoms with E-state index in [9.17, 15) is 0 Å². The third kappa shape index (κ3) is 63.3. The van der Waals surface area contributed by atoms with Gasteiger partial charge in [-0.2, -0.15) is 0 Å². The van der Waals surface area contributed by atoms with Gasteiger partial charge in [-0.25, -0.2) is 0 Å². The van der Waals surface area contributed by atoms with Crippen molar-refractivity contribution < 1.29 is 76.2 Å². The molecule has 0 heterocycles. The van der Waals surface area contributed by atoms with Crippen LogP contribution in [0.4, 0.5) is 0 Å². The van der Waals surface area contributed by atoms with Crippen molar-refractivity contribution in [1.29, 1.82) is 0 Å². The van der Waals surface area contributed by atoms with Crippen LogP contribution in [0.3, 0.4) is 0 Å². The van der Waals surface area contributed by atoms with E-state index in [4.69, 9.17) is 76.2 Å². The molecule has 0 rings (SSSR count). The van der Waals surface area contributed by atoms with Gasteiger partial charge in [-0.1, -0.05) is 90.4 Å². The topological polar surface area (TPSA) is 171 Å². The Bertz CT molecular complexity index is 751. The van der Waals surface area contributed by atoms with Crippen LogP contribution in [0.15, 0.2) is 0 Å². The van der Waals surface area contributed by atoms with E-state index in [0.717, 1.165) is 19.7 Å². The Hall–Kier alpha value is -0.680. The zero-order valence-electron chi connectivity index (χ0n) is 41.3. The molecule has 17 heteroatoms. The molecule has 0 amide bonds. The van der Waals surface area contributed by atoms with Gasteiger partial charge in [0.05, 0.1) is 205 Å². The van der Waals surface area contributed by atoms with Crippen LogP contribution in [0.5, 0.6) is 0 Å². The number of aliphatic hydroxyl groups excluding tert-OH is 1. The van der Waals surface area contributed by atoms with Crippen molar-refractivity contribution in [3.8, 4) is 0 Å². The molecule has 0 aromatic heterocycles. The van der Waals surface area contributed by atoms with Gasteiger partial charge in [-0.3, -0.25) is 0 Å². The molecule has 0 radical (unpaired) electrons. The molecule has 0 spiro atoms. The van der Waals surface area contributed by atoms with Crippen molar-refractivity contribution >= 4 is 0 Å². The lowest BCUT2D eigenvalue weighted by molar-refractivity contribution is -0.0301. The lowest BCUT2D eigenvalue weighted by Crippen LogP contribution is -2.22. The average molecular weight is 946 g/mol. The number of hydrogen-bond acceptors (Lipinski definition) is 17. The number of hydrogen-bond donors (Lipinski definition) is 2. The summed E-state index contributed by atoms with van der Waals surface area (Å²) in [7, 11) is 0. The summed E-state index contributed by atoms with van der Waals surface area (Å²) >= 11 is 0. The maximum Gasteiger partial charge on any atom is 0.0701 e. The molecule has 0 bridgehead atoms. The summed E-state index contributed by atoms with van der Waals surface area (Å²) < 4.78 is 82.2.